The highest BCUT2D eigenvalue weighted by Crippen LogP contribution is 2.20. The molecule has 0 aliphatic heterocycles. The summed E-state index contributed by atoms with van der Waals surface area (Å²) < 4.78 is 32.4. The average Bonchev–Trinajstić information content (AvgIpc) is 2.61. The maximum Gasteiger partial charge on any atom is 0.319 e. The first-order valence-electron chi connectivity index (χ1n) is 8.12. The maximum absolute atomic E-state index is 12.4. The number of rotatable bonds is 7. The Hall–Kier alpha value is -2.74. The van der Waals surface area contributed by atoms with Crippen molar-refractivity contribution in [3.05, 3.63) is 48.5 Å². The summed E-state index contributed by atoms with van der Waals surface area (Å²) in [7, 11) is -2.18. The maximum atomic E-state index is 12.4. The van der Waals surface area contributed by atoms with Crippen molar-refractivity contribution in [1.29, 1.82) is 0 Å². The van der Waals surface area contributed by atoms with E-state index in [1.807, 2.05) is 13.8 Å². The summed E-state index contributed by atoms with van der Waals surface area (Å²) in [4.78, 5) is 11.8. The van der Waals surface area contributed by atoms with Gasteiger partial charge in [0.15, 0.2) is 0 Å². The molecule has 7 nitrogen and oxygen atoms in total. The van der Waals surface area contributed by atoms with Gasteiger partial charge in [-0.3, -0.25) is 4.72 Å². The summed E-state index contributed by atoms with van der Waals surface area (Å²) in [5.41, 5.74) is 0.940. The third-order valence-corrected chi connectivity index (χ3v) is 4.83. The average molecular weight is 377 g/mol. The molecule has 0 heterocycles. The monoisotopic (exact) mass is 377 g/mol. The Bertz CT molecular complexity index is 832. The zero-order valence-corrected chi connectivity index (χ0v) is 15.8. The van der Waals surface area contributed by atoms with Gasteiger partial charge in [0.2, 0.25) is 0 Å². The van der Waals surface area contributed by atoms with Crippen molar-refractivity contribution in [2.45, 2.75) is 18.7 Å². The van der Waals surface area contributed by atoms with Crippen LogP contribution in [0.25, 0.3) is 0 Å². The van der Waals surface area contributed by atoms with Crippen LogP contribution >= 0.6 is 0 Å². The molecule has 0 radical (unpaired) electrons. The van der Waals surface area contributed by atoms with Crippen LogP contribution in [0, 0.1) is 5.92 Å². The van der Waals surface area contributed by atoms with Crippen molar-refractivity contribution in [2.24, 2.45) is 5.92 Å². The van der Waals surface area contributed by atoms with E-state index < -0.39 is 10.0 Å². The molecule has 2 amide bonds. The van der Waals surface area contributed by atoms with E-state index in [1.54, 1.807) is 24.3 Å². The van der Waals surface area contributed by atoms with Gasteiger partial charge in [-0.25, -0.2) is 13.2 Å². The molecule has 0 fully saturated rings. The molecule has 0 saturated carbocycles. The molecule has 0 atom stereocenters. The molecule has 2 aromatic rings. The van der Waals surface area contributed by atoms with Crippen molar-refractivity contribution in [3.8, 4) is 5.75 Å². The fourth-order valence-electron chi connectivity index (χ4n) is 2.06. The highest BCUT2D eigenvalue weighted by molar-refractivity contribution is 7.92. The van der Waals surface area contributed by atoms with E-state index in [0.717, 1.165) is 0 Å². The Kier molecular flexibility index (Phi) is 6.46. The first-order valence-corrected chi connectivity index (χ1v) is 9.60. The molecular formula is C18H23N3O4S. The number of nitrogens with one attached hydrogen (secondary N) is 3. The summed E-state index contributed by atoms with van der Waals surface area (Å²) >= 11 is 0. The standard InChI is InChI=1S/C18H23N3O4S/c1-13(2)12-19-18(22)20-14-6-10-17(11-7-14)26(23,24)21-15-4-8-16(25-3)9-5-15/h4-11,13,21H,12H2,1-3H3,(H2,19,20,22). The first-order chi connectivity index (χ1) is 12.3. The van der Waals surface area contributed by atoms with Crippen LogP contribution in [0.15, 0.2) is 53.4 Å². The van der Waals surface area contributed by atoms with Crippen LogP contribution < -0.4 is 20.1 Å². The molecule has 0 aliphatic rings. The van der Waals surface area contributed by atoms with Gasteiger partial charge in [0.1, 0.15) is 5.75 Å². The predicted molar refractivity (Wildman–Crippen MR) is 102 cm³/mol. The lowest BCUT2D eigenvalue weighted by atomic mass is 10.2. The SMILES string of the molecule is COc1ccc(NS(=O)(=O)c2ccc(NC(=O)NCC(C)C)cc2)cc1. The quantitative estimate of drug-likeness (QED) is 0.690. The van der Waals surface area contributed by atoms with Crippen molar-refractivity contribution in [2.75, 3.05) is 23.7 Å². The second-order valence-electron chi connectivity index (χ2n) is 6.09. The minimum absolute atomic E-state index is 0.0986. The van der Waals surface area contributed by atoms with Crippen LogP contribution in [-0.4, -0.2) is 28.1 Å². The van der Waals surface area contributed by atoms with E-state index in [1.165, 1.54) is 31.4 Å². The summed E-state index contributed by atoms with van der Waals surface area (Å²) in [6, 6.07) is 12.2. The molecular weight excluding hydrogens is 354 g/mol. The second-order valence-corrected chi connectivity index (χ2v) is 7.77. The van der Waals surface area contributed by atoms with Gasteiger partial charge in [0.25, 0.3) is 10.0 Å². The minimum Gasteiger partial charge on any atom is -0.497 e. The fraction of sp³-hybridized carbons (Fsp3) is 0.278. The molecule has 3 N–H and O–H groups in total. The van der Waals surface area contributed by atoms with Gasteiger partial charge >= 0.3 is 6.03 Å². The molecule has 140 valence electrons. The number of benzene rings is 2. The Labute approximate surface area is 153 Å². The van der Waals surface area contributed by atoms with Crippen LogP contribution in [0.2, 0.25) is 0 Å². The number of urea groups is 1. The number of ether oxygens (including phenoxy) is 1. The van der Waals surface area contributed by atoms with Gasteiger partial charge in [-0.2, -0.15) is 0 Å². The third-order valence-electron chi connectivity index (χ3n) is 3.44. The number of carbonyl (C=O) groups excluding carboxylic acids is 1. The zero-order valence-electron chi connectivity index (χ0n) is 14.9. The number of amides is 2. The molecule has 2 rings (SSSR count). The predicted octanol–water partition coefficient (Wildman–Crippen LogP) is 3.27. The number of carbonyl (C=O) groups is 1. The Morgan fingerprint density at radius 2 is 1.58 bits per heavy atom. The topological polar surface area (TPSA) is 96.5 Å². The Balaban J connectivity index is 2.02. The van der Waals surface area contributed by atoms with Gasteiger partial charge in [0, 0.05) is 17.9 Å². The van der Waals surface area contributed by atoms with E-state index >= 15 is 0 Å². The van der Waals surface area contributed by atoms with E-state index in [-0.39, 0.29) is 10.9 Å². The van der Waals surface area contributed by atoms with Gasteiger partial charge in [-0.1, -0.05) is 13.8 Å². The number of hydrogen-bond donors (Lipinski definition) is 3. The normalized spacial score (nSPS) is 11.1. The summed E-state index contributed by atoms with van der Waals surface area (Å²) in [5.74, 6) is 0.983. The zero-order chi connectivity index (χ0) is 19.2. The summed E-state index contributed by atoms with van der Waals surface area (Å²) in [6.45, 7) is 4.55. The number of sulfonamides is 1. The van der Waals surface area contributed by atoms with Crippen molar-refractivity contribution < 1.29 is 17.9 Å². The molecule has 2 aromatic carbocycles. The largest absolute Gasteiger partial charge is 0.497 e. The van der Waals surface area contributed by atoms with E-state index in [2.05, 4.69) is 15.4 Å². The second kappa shape index (κ2) is 8.57. The van der Waals surface area contributed by atoms with Crippen LogP contribution in [0.4, 0.5) is 16.2 Å². The van der Waals surface area contributed by atoms with E-state index in [0.29, 0.717) is 29.6 Å². The number of anilines is 2. The highest BCUT2D eigenvalue weighted by atomic mass is 32.2. The van der Waals surface area contributed by atoms with E-state index in [4.69, 9.17) is 4.74 Å². The van der Waals surface area contributed by atoms with Crippen molar-refractivity contribution in [3.63, 3.8) is 0 Å². The molecule has 0 aliphatic carbocycles. The molecule has 0 spiro atoms. The Morgan fingerprint density at radius 3 is 2.12 bits per heavy atom. The van der Waals surface area contributed by atoms with Gasteiger partial charge in [0.05, 0.1) is 12.0 Å². The molecule has 0 bridgehead atoms. The lowest BCUT2D eigenvalue weighted by molar-refractivity contribution is 0.251. The smallest absolute Gasteiger partial charge is 0.319 e. The van der Waals surface area contributed by atoms with Crippen LogP contribution in [0.1, 0.15) is 13.8 Å². The number of methoxy groups -OCH3 is 1. The minimum atomic E-state index is -3.72. The van der Waals surface area contributed by atoms with Crippen LogP contribution in [-0.2, 0) is 10.0 Å². The first kappa shape index (κ1) is 19.6. The van der Waals surface area contributed by atoms with E-state index in [9.17, 15) is 13.2 Å². The van der Waals surface area contributed by atoms with Gasteiger partial charge < -0.3 is 15.4 Å². The fourth-order valence-corrected chi connectivity index (χ4v) is 3.12. The summed E-state index contributed by atoms with van der Waals surface area (Å²) in [5, 5.41) is 5.39. The van der Waals surface area contributed by atoms with Gasteiger partial charge in [-0.15, -0.1) is 0 Å². The Morgan fingerprint density at radius 1 is 1.00 bits per heavy atom. The molecule has 26 heavy (non-hydrogen) atoms. The number of hydrogen-bond acceptors (Lipinski definition) is 4. The van der Waals surface area contributed by atoms with Crippen molar-refractivity contribution >= 4 is 27.4 Å². The summed E-state index contributed by atoms with van der Waals surface area (Å²) in [6.07, 6.45) is 0. The third kappa shape index (κ3) is 5.66. The highest BCUT2D eigenvalue weighted by Gasteiger charge is 2.14. The molecule has 0 aromatic heterocycles. The van der Waals surface area contributed by atoms with Crippen molar-refractivity contribution in [1.82, 2.24) is 5.32 Å². The van der Waals surface area contributed by atoms with Gasteiger partial charge in [-0.05, 0) is 54.4 Å². The molecule has 8 heteroatoms. The lowest BCUT2D eigenvalue weighted by Crippen LogP contribution is -2.31. The molecule has 0 unspecified atom stereocenters. The van der Waals surface area contributed by atoms with Crippen LogP contribution in [0.5, 0.6) is 5.75 Å². The molecule has 0 saturated heterocycles. The van der Waals surface area contributed by atoms with Crippen LogP contribution in [0.3, 0.4) is 0 Å². The lowest BCUT2D eigenvalue weighted by Gasteiger charge is -2.11.